The lowest BCUT2D eigenvalue weighted by molar-refractivity contribution is -0.143. The first-order chi connectivity index (χ1) is 16.6. The number of nitrogens with two attached hydrogens (primary N) is 1. The molecule has 2 N–H and O–H groups in total. The lowest BCUT2D eigenvalue weighted by Crippen LogP contribution is -2.54. The molecule has 4 heterocycles. The minimum atomic E-state index is -0.721. The Labute approximate surface area is 194 Å². The van der Waals surface area contributed by atoms with E-state index in [1.165, 1.54) is 0 Å². The molecular formula is C23H23N5O6. The van der Waals surface area contributed by atoms with Crippen molar-refractivity contribution < 1.29 is 28.5 Å². The highest BCUT2D eigenvalue weighted by molar-refractivity contribution is 5.92. The van der Waals surface area contributed by atoms with E-state index in [0.29, 0.717) is 58.8 Å². The molecule has 0 aliphatic carbocycles. The maximum absolute atomic E-state index is 13.1. The van der Waals surface area contributed by atoms with Crippen LogP contribution in [0.3, 0.4) is 0 Å². The minimum Gasteiger partial charge on any atom is -0.493 e. The van der Waals surface area contributed by atoms with Crippen molar-refractivity contribution in [2.45, 2.75) is 18.6 Å². The molecule has 3 atom stereocenters. The number of benzene rings is 2. The van der Waals surface area contributed by atoms with Crippen LogP contribution in [0.5, 0.6) is 23.0 Å². The van der Waals surface area contributed by atoms with E-state index >= 15 is 0 Å². The van der Waals surface area contributed by atoms with Crippen LogP contribution in [0.2, 0.25) is 0 Å². The van der Waals surface area contributed by atoms with Crippen molar-refractivity contribution in [3.05, 3.63) is 36.4 Å². The van der Waals surface area contributed by atoms with E-state index in [1.54, 1.807) is 37.3 Å². The smallest absolute Gasteiger partial charge is 0.269 e. The van der Waals surface area contributed by atoms with E-state index in [0.717, 1.165) is 0 Å². The number of carbonyl (C=O) groups excluding carboxylic acids is 1. The Bertz CT molecular complexity index is 1290. The van der Waals surface area contributed by atoms with Gasteiger partial charge in [-0.1, -0.05) is 12.1 Å². The van der Waals surface area contributed by atoms with Crippen LogP contribution in [-0.4, -0.2) is 73.3 Å². The van der Waals surface area contributed by atoms with Gasteiger partial charge in [0.05, 0.1) is 19.7 Å². The van der Waals surface area contributed by atoms with E-state index < -0.39 is 12.3 Å². The fourth-order valence-electron chi connectivity index (χ4n) is 4.39. The molecule has 0 spiro atoms. The first kappa shape index (κ1) is 20.6. The maximum atomic E-state index is 13.1. The fraction of sp³-hybridized carbons (Fsp3) is 0.348. The van der Waals surface area contributed by atoms with Gasteiger partial charge in [-0.05, 0) is 18.2 Å². The van der Waals surface area contributed by atoms with Gasteiger partial charge in [-0.2, -0.15) is 4.98 Å². The number of nitrogens with zero attached hydrogens (tertiary/aromatic N) is 4. The van der Waals surface area contributed by atoms with Crippen LogP contribution < -0.4 is 29.6 Å². The number of piperazine rings is 1. The van der Waals surface area contributed by atoms with Crippen molar-refractivity contribution in [1.82, 2.24) is 14.9 Å². The number of fused-ring (bicyclic) bond motifs is 3. The monoisotopic (exact) mass is 465 g/mol. The molecule has 176 valence electrons. The molecule has 2 fully saturated rings. The highest BCUT2D eigenvalue weighted by atomic mass is 16.6. The molecule has 1 aromatic heterocycles. The summed E-state index contributed by atoms with van der Waals surface area (Å²) in [7, 11) is 3.12. The van der Waals surface area contributed by atoms with Crippen LogP contribution in [0.4, 0.5) is 11.8 Å². The van der Waals surface area contributed by atoms with E-state index in [9.17, 15) is 4.79 Å². The van der Waals surface area contributed by atoms with Gasteiger partial charge >= 0.3 is 0 Å². The summed E-state index contributed by atoms with van der Waals surface area (Å²) >= 11 is 0. The van der Waals surface area contributed by atoms with Crippen LogP contribution in [0.1, 0.15) is 0 Å². The van der Waals surface area contributed by atoms with Gasteiger partial charge in [0.25, 0.3) is 5.91 Å². The zero-order valence-corrected chi connectivity index (χ0v) is 18.6. The summed E-state index contributed by atoms with van der Waals surface area (Å²) < 4.78 is 28.2. The SMILES string of the molecule is COc1cc2nc(N3CCN(C(=O)C4COc5ccccc5O4)C4OC43)nc(N)c2cc1OC. The molecule has 2 aromatic carbocycles. The van der Waals surface area contributed by atoms with E-state index in [1.807, 2.05) is 23.1 Å². The minimum absolute atomic E-state index is 0.156. The predicted molar refractivity (Wildman–Crippen MR) is 121 cm³/mol. The van der Waals surface area contributed by atoms with Gasteiger partial charge in [0.15, 0.2) is 35.5 Å². The van der Waals surface area contributed by atoms with Crippen LogP contribution in [-0.2, 0) is 9.53 Å². The molecule has 11 nitrogen and oxygen atoms in total. The molecule has 0 radical (unpaired) electrons. The third-order valence-corrected chi connectivity index (χ3v) is 6.19. The molecule has 0 bridgehead atoms. The van der Waals surface area contributed by atoms with Gasteiger partial charge in [0.2, 0.25) is 12.1 Å². The Hall–Kier alpha value is -3.99. The summed E-state index contributed by atoms with van der Waals surface area (Å²) in [5.74, 6) is 2.88. The van der Waals surface area contributed by atoms with Gasteiger partial charge < -0.3 is 39.2 Å². The topological polar surface area (TPSA) is 125 Å². The predicted octanol–water partition coefficient (Wildman–Crippen LogP) is 1.40. The van der Waals surface area contributed by atoms with E-state index in [2.05, 4.69) is 9.97 Å². The van der Waals surface area contributed by atoms with Crippen LogP contribution >= 0.6 is 0 Å². The summed E-state index contributed by atoms with van der Waals surface area (Å²) in [6.07, 6.45) is -1.49. The second-order valence-electron chi connectivity index (χ2n) is 8.14. The van der Waals surface area contributed by atoms with E-state index in [4.69, 9.17) is 29.4 Å². The van der Waals surface area contributed by atoms with E-state index in [-0.39, 0.29) is 18.7 Å². The maximum Gasteiger partial charge on any atom is 0.269 e. The van der Waals surface area contributed by atoms with Crippen LogP contribution in [0.25, 0.3) is 10.9 Å². The zero-order valence-electron chi connectivity index (χ0n) is 18.6. The normalized spacial score (nSPS) is 22.8. The lowest BCUT2D eigenvalue weighted by Gasteiger charge is -2.34. The summed E-state index contributed by atoms with van der Waals surface area (Å²) in [4.78, 5) is 25.9. The number of nitrogen functional groups attached to an aromatic ring is 1. The third-order valence-electron chi connectivity index (χ3n) is 6.19. The Morgan fingerprint density at radius 2 is 1.82 bits per heavy atom. The van der Waals surface area contributed by atoms with Crippen molar-refractivity contribution in [1.29, 1.82) is 0 Å². The summed E-state index contributed by atoms with van der Waals surface area (Å²) in [5, 5.41) is 0.665. The quantitative estimate of drug-likeness (QED) is 0.565. The van der Waals surface area contributed by atoms with Crippen molar-refractivity contribution in [3.8, 4) is 23.0 Å². The number of hydrogen-bond acceptors (Lipinski definition) is 10. The molecule has 1 amide bonds. The highest BCUT2D eigenvalue weighted by Gasteiger charge is 2.55. The number of para-hydroxylation sites is 2. The number of ether oxygens (including phenoxy) is 5. The van der Waals surface area contributed by atoms with Crippen molar-refractivity contribution in [2.75, 3.05) is 44.5 Å². The number of hydrogen-bond donors (Lipinski definition) is 1. The second kappa shape index (κ2) is 7.80. The number of rotatable bonds is 4. The number of carbonyl (C=O) groups is 1. The fourth-order valence-corrected chi connectivity index (χ4v) is 4.39. The third kappa shape index (κ3) is 3.27. The molecule has 3 unspecified atom stereocenters. The van der Waals surface area contributed by atoms with Gasteiger partial charge in [0.1, 0.15) is 12.4 Å². The lowest BCUT2D eigenvalue weighted by atomic mass is 10.2. The molecule has 11 heteroatoms. The molecule has 3 aliphatic rings. The average Bonchev–Trinajstić information content (AvgIpc) is 3.67. The van der Waals surface area contributed by atoms with Crippen LogP contribution in [0.15, 0.2) is 36.4 Å². The number of amides is 1. The molecule has 0 saturated carbocycles. The van der Waals surface area contributed by atoms with Crippen molar-refractivity contribution in [3.63, 3.8) is 0 Å². The van der Waals surface area contributed by atoms with Gasteiger partial charge in [-0.3, -0.25) is 4.79 Å². The molecule has 3 aliphatic heterocycles. The summed E-state index contributed by atoms with van der Waals surface area (Å²) in [5.41, 5.74) is 6.87. The number of aromatic nitrogens is 2. The molecule has 2 saturated heterocycles. The number of methoxy groups -OCH3 is 2. The summed E-state index contributed by atoms with van der Waals surface area (Å²) in [6.45, 7) is 1.06. The average molecular weight is 465 g/mol. The summed E-state index contributed by atoms with van der Waals surface area (Å²) in [6, 6.07) is 10.8. The molecule has 34 heavy (non-hydrogen) atoms. The highest BCUT2D eigenvalue weighted by Crippen LogP contribution is 2.39. The van der Waals surface area contributed by atoms with Crippen molar-refractivity contribution >= 4 is 28.6 Å². The Balaban J connectivity index is 1.20. The Morgan fingerprint density at radius 3 is 2.62 bits per heavy atom. The molecular weight excluding hydrogens is 442 g/mol. The standard InChI is InChI=1S/C23H23N5O6/c1-30-16-9-12-13(10-17(16)31-2)25-23(26-19(12)24)28-8-7-27(21-22(28)34-21)20(29)18-11-32-14-5-3-4-6-15(14)33-18/h3-6,9-10,18,21-22H,7-8,11H2,1-2H3,(H2,24,25,26). The first-order valence-electron chi connectivity index (χ1n) is 10.9. The van der Waals surface area contributed by atoms with Crippen molar-refractivity contribution in [2.24, 2.45) is 0 Å². The first-order valence-corrected chi connectivity index (χ1v) is 10.9. The van der Waals surface area contributed by atoms with Gasteiger partial charge in [-0.25, -0.2) is 4.98 Å². The zero-order chi connectivity index (χ0) is 23.4. The molecule has 6 rings (SSSR count). The van der Waals surface area contributed by atoms with Gasteiger partial charge in [-0.15, -0.1) is 0 Å². The van der Waals surface area contributed by atoms with Gasteiger partial charge in [0, 0.05) is 24.5 Å². The largest absolute Gasteiger partial charge is 0.493 e. The number of epoxide rings is 1. The Morgan fingerprint density at radius 1 is 1.06 bits per heavy atom. The Kier molecular flexibility index (Phi) is 4.73. The second-order valence-corrected chi connectivity index (χ2v) is 8.14. The number of anilines is 2. The molecule has 3 aromatic rings. The van der Waals surface area contributed by atoms with Crippen LogP contribution in [0, 0.1) is 0 Å².